The van der Waals surface area contributed by atoms with E-state index in [4.69, 9.17) is 47.0 Å². The van der Waals surface area contributed by atoms with Crippen LogP contribution in [0.2, 0.25) is 0 Å². The molecule has 15 heteroatoms. The summed E-state index contributed by atoms with van der Waals surface area (Å²) < 4.78 is 60.5. The Morgan fingerprint density at radius 1 is 0.821 bits per heavy atom. The molecule has 3 N–H and O–H groups in total. The van der Waals surface area contributed by atoms with Gasteiger partial charge in [0.25, 0.3) is 0 Å². The molecule has 1 aromatic heterocycles. The van der Waals surface area contributed by atoms with Crippen LogP contribution in [0.4, 0.5) is 0 Å². The normalized spacial score (nSPS) is 43.1. The van der Waals surface area contributed by atoms with Gasteiger partial charge in [0.2, 0.25) is 0 Å². The zero-order chi connectivity index (χ0) is 40.5. The molecule has 0 spiro atoms. The van der Waals surface area contributed by atoms with Gasteiger partial charge in [0.1, 0.15) is 24.1 Å². The molecule has 1 aromatic rings. The van der Waals surface area contributed by atoms with Crippen LogP contribution in [-0.4, -0.2) is 134 Å². The second-order valence-electron chi connectivity index (χ2n) is 16.5. The minimum Gasteiger partial charge on any atom is -0.481 e. The summed E-state index contributed by atoms with van der Waals surface area (Å²) in [5, 5.41) is 32.1. The number of aliphatic hydroxyl groups excluding tert-OH is 2. The van der Waals surface area contributed by atoms with Crippen molar-refractivity contribution in [2.75, 3.05) is 21.3 Å². The number of furan rings is 1. The van der Waals surface area contributed by atoms with E-state index in [1.165, 1.54) is 6.26 Å². The molecule has 4 heterocycles. The first-order valence-electron chi connectivity index (χ1n) is 20.0. The lowest BCUT2D eigenvalue weighted by Gasteiger charge is -2.52. The van der Waals surface area contributed by atoms with Gasteiger partial charge in [-0.3, -0.25) is 9.59 Å². The first kappa shape index (κ1) is 43.3. The molecule has 5 aliphatic rings. The van der Waals surface area contributed by atoms with Crippen molar-refractivity contribution in [1.29, 1.82) is 0 Å². The average molecular weight is 795 g/mol. The number of ketones is 1. The van der Waals surface area contributed by atoms with Gasteiger partial charge in [-0.1, -0.05) is 18.6 Å². The summed E-state index contributed by atoms with van der Waals surface area (Å²) in [4.78, 5) is 25.5. The molecule has 0 amide bonds. The van der Waals surface area contributed by atoms with E-state index in [0.29, 0.717) is 56.3 Å². The zero-order valence-corrected chi connectivity index (χ0v) is 33.9. The lowest BCUT2D eigenvalue weighted by Crippen LogP contribution is -2.57. The van der Waals surface area contributed by atoms with E-state index in [2.05, 4.69) is 0 Å². The van der Waals surface area contributed by atoms with Gasteiger partial charge in [-0.2, -0.15) is 0 Å². The highest BCUT2D eigenvalue weighted by Crippen LogP contribution is 2.55. The number of ether oxygens (including phenoxy) is 9. The van der Waals surface area contributed by atoms with Crippen molar-refractivity contribution < 1.29 is 72.0 Å². The van der Waals surface area contributed by atoms with Gasteiger partial charge in [-0.25, -0.2) is 0 Å². The Kier molecular flexibility index (Phi) is 14.2. The highest BCUT2D eigenvalue weighted by Gasteiger charge is 2.53. The molecule has 3 saturated heterocycles. The molecule has 316 valence electrons. The largest absolute Gasteiger partial charge is 0.481 e. The molecule has 0 bridgehead atoms. The topological polar surface area (TPSA) is 191 Å². The van der Waals surface area contributed by atoms with Crippen molar-refractivity contribution in [1.82, 2.24) is 0 Å². The van der Waals surface area contributed by atoms with Gasteiger partial charge in [-0.05, 0) is 70.8 Å². The van der Waals surface area contributed by atoms with E-state index in [-0.39, 0.29) is 24.2 Å². The highest BCUT2D eigenvalue weighted by atomic mass is 16.7. The quantitative estimate of drug-likeness (QED) is 0.178. The molecule has 4 fully saturated rings. The molecule has 2 aliphatic carbocycles. The number of rotatable bonds is 14. The van der Waals surface area contributed by atoms with Crippen LogP contribution in [0.15, 0.2) is 28.4 Å². The van der Waals surface area contributed by atoms with Gasteiger partial charge in [-0.15, -0.1) is 0 Å². The van der Waals surface area contributed by atoms with E-state index in [1.54, 1.807) is 41.2 Å². The number of aliphatic carboxylic acids is 1. The number of aryl methyl sites for hydroxylation is 1. The van der Waals surface area contributed by atoms with Gasteiger partial charge >= 0.3 is 5.97 Å². The Balaban J connectivity index is 1.05. The Labute approximate surface area is 329 Å². The second-order valence-corrected chi connectivity index (χ2v) is 16.5. The maximum atomic E-state index is 13.1. The molecular weight excluding hydrogens is 732 g/mol. The maximum absolute atomic E-state index is 13.1. The van der Waals surface area contributed by atoms with Crippen LogP contribution >= 0.6 is 0 Å². The number of methoxy groups -OCH3 is 3. The molecule has 56 heavy (non-hydrogen) atoms. The Morgan fingerprint density at radius 2 is 1.38 bits per heavy atom. The lowest BCUT2D eigenvalue weighted by atomic mass is 9.55. The fourth-order valence-electron chi connectivity index (χ4n) is 9.80. The van der Waals surface area contributed by atoms with E-state index in [1.807, 2.05) is 26.8 Å². The summed E-state index contributed by atoms with van der Waals surface area (Å²) in [5.74, 6) is -1.46. The number of carboxylic acids is 1. The summed E-state index contributed by atoms with van der Waals surface area (Å²) in [7, 11) is 4.79. The molecule has 0 radical (unpaired) electrons. The molecular formula is C41H62O15. The summed E-state index contributed by atoms with van der Waals surface area (Å²) in [5.41, 5.74) is 0.922. The van der Waals surface area contributed by atoms with Gasteiger partial charge in [0, 0.05) is 47.0 Å². The summed E-state index contributed by atoms with van der Waals surface area (Å²) in [6.07, 6.45) is -1.46. The monoisotopic (exact) mass is 794 g/mol. The Morgan fingerprint density at radius 3 is 1.91 bits per heavy atom. The maximum Gasteiger partial charge on any atom is 0.307 e. The molecule has 0 unspecified atom stereocenters. The van der Waals surface area contributed by atoms with Gasteiger partial charge < -0.3 is 62.4 Å². The number of carboxylic acid groups (broad SMARTS) is 1. The van der Waals surface area contributed by atoms with Crippen LogP contribution in [0.5, 0.6) is 0 Å². The molecule has 0 aromatic carbocycles. The number of carbonyl (C=O) groups excluding carboxylic acids is 1. The third-order valence-corrected chi connectivity index (χ3v) is 13.0. The van der Waals surface area contributed by atoms with Crippen molar-refractivity contribution >= 4 is 11.8 Å². The van der Waals surface area contributed by atoms with Crippen molar-refractivity contribution in [2.45, 2.75) is 172 Å². The van der Waals surface area contributed by atoms with E-state index < -0.39 is 97.2 Å². The Hall–Kier alpha value is -2.28. The molecule has 3 aliphatic heterocycles. The van der Waals surface area contributed by atoms with Crippen LogP contribution in [0.3, 0.4) is 0 Å². The van der Waals surface area contributed by atoms with Gasteiger partial charge in [0.05, 0.1) is 66.6 Å². The van der Waals surface area contributed by atoms with Crippen LogP contribution in [0, 0.1) is 24.2 Å². The van der Waals surface area contributed by atoms with Gasteiger partial charge in [0.15, 0.2) is 24.7 Å². The third-order valence-electron chi connectivity index (χ3n) is 13.0. The number of aliphatic hydroxyl groups is 2. The number of Topliss-reactive ketones (excluding diaryl/α,β-unsaturated/α-hetero) is 1. The van der Waals surface area contributed by atoms with Crippen molar-refractivity contribution in [3.05, 3.63) is 35.3 Å². The predicted molar refractivity (Wildman–Crippen MR) is 198 cm³/mol. The fourth-order valence-corrected chi connectivity index (χ4v) is 9.80. The number of carbonyl (C=O) groups is 2. The second kappa shape index (κ2) is 18.3. The molecule has 17 atom stereocenters. The number of fused-ring (bicyclic) bond motifs is 1. The molecule has 1 saturated carbocycles. The number of hydrogen-bond acceptors (Lipinski definition) is 14. The minimum atomic E-state index is -0.900. The first-order valence-corrected chi connectivity index (χ1v) is 20.0. The summed E-state index contributed by atoms with van der Waals surface area (Å²) in [6, 6.07) is 1.65. The summed E-state index contributed by atoms with van der Waals surface area (Å²) >= 11 is 0. The fraction of sp³-hybridized carbons (Fsp3) is 0.805. The predicted octanol–water partition coefficient (Wildman–Crippen LogP) is 4.33. The minimum absolute atomic E-state index is 0.0832. The zero-order valence-electron chi connectivity index (χ0n) is 33.9. The Bertz CT molecular complexity index is 1510. The number of hydrogen-bond donors (Lipinski definition) is 3. The van der Waals surface area contributed by atoms with E-state index in [9.17, 15) is 24.9 Å². The first-order chi connectivity index (χ1) is 26.7. The van der Waals surface area contributed by atoms with Crippen molar-refractivity contribution in [3.63, 3.8) is 0 Å². The number of allylic oxidation sites excluding steroid dienone is 1. The van der Waals surface area contributed by atoms with Crippen LogP contribution in [0.25, 0.3) is 0 Å². The van der Waals surface area contributed by atoms with Crippen molar-refractivity contribution in [2.24, 2.45) is 17.3 Å². The molecule has 15 nitrogen and oxygen atoms in total. The standard InChI is InChI=1S/C41H62O15/c1-20-25(13-14-50-20)28(42)12-11-27-26(40(45)46)10-9-24-15-30(29(43)19-41(24,27)5)54-34-17-32(48-7)38(22(3)52-34)56-36-18-33(49-8)39(23(4)53-36)55-35-16-31(47-6)37(44)21(2)51-35/h9,13-14,21-23,26-27,29-39,43-44H,10-12,15-19H2,1-8H3,(H,45,46)/t21-,22-,23+,26-,27+,29-,30-,31+,32-,33+,34+,35+,36+,37-,38-,39-,41+/m1/s1. The highest BCUT2D eigenvalue weighted by molar-refractivity contribution is 5.96. The summed E-state index contributed by atoms with van der Waals surface area (Å²) in [6.45, 7) is 9.32. The third kappa shape index (κ3) is 9.13. The van der Waals surface area contributed by atoms with E-state index in [0.717, 1.165) is 5.57 Å². The van der Waals surface area contributed by atoms with Crippen LogP contribution < -0.4 is 0 Å². The van der Waals surface area contributed by atoms with Crippen molar-refractivity contribution in [3.8, 4) is 0 Å². The molecule has 6 rings (SSSR count). The SMILES string of the molecule is CO[C@H]1C[C@H](O[C@@H]2[C@H](C)O[C@@H](O[C@@H]3[C@@H](C)O[C@@H](O[C@@H]4CC5=CC[C@@H](C(=O)O)[C@H](CCC(=O)c6ccoc6C)[C@@]5(C)C[C@H]4O)C[C@H]3OC)C[C@@H]2OC)O[C@H](C)[C@H]1O. The van der Waals surface area contributed by atoms with Crippen LogP contribution in [-0.2, 0) is 47.4 Å². The smallest absolute Gasteiger partial charge is 0.307 e. The lowest BCUT2D eigenvalue weighted by molar-refractivity contribution is -0.339. The van der Waals surface area contributed by atoms with E-state index >= 15 is 0 Å². The average Bonchev–Trinajstić information content (AvgIpc) is 3.59. The van der Waals surface area contributed by atoms with Crippen LogP contribution in [0.1, 0.15) is 95.2 Å².